The second kappa shape index (κ2) is 6.41. The van der Waals surface area contributed by atoms with Crippen LogP contribution in [0.15, 0.2) is 30.3 Å². The normalized spacial score (nSPS) is 25.8. The topological polar surface area (TPSA) is 61.9 Å². The smallest absolute Gasteiger partial charge is 0.282 e. The largest absolute Gasteiger partial charge is 0.371 e. The zero-order chi connectivity index (χ0) is 14.7. The first-order chi connectivity index (χ1) is 10.2. The van der Waals surface area contributed by atoms with E-state index in [2.05, 4.69) is 5.32 Å². The first kappa shape index (κ1) is 14.9. The molecule has 1 aromatic rings. The molecule has 0 spiro atoms. The number of nitrogens with zero attached hydrogens (tertiary/aromatic N) is 2. The van der Waals surface area contributed by atoms with Gasteiger partial charge < -0.3 is 10.1 Å². The lowest BCUT2D eigenvalue weighted by Gasteiger charge is -2.37. The van der Waals surface area contributed by atoms with Crippen molar-refractivity contribution >= 4 is 10.2 Å². The lowest BCUT2D eigenvalue weighted by atomic mass is 10.1. The van der Waals surface area contributed by atoms with Crippen molar-refractivity contribution in [3.8, 4) is 0 Å². The minimum absolute atomic E-state index is 0.183. The van der Waals surface area contributed by atoms with E-state index in [1.807, 2.05) is 30.3 Å². The second-order valence-electron chi connectivity index (χ2n) is 5.28. The van der Waals surface area contributed by atoms with Crippen LogP contribution in [0.3, 0.4) is 0 Å². The van der Waals surface area contributed by atoms with Crippen molar-refractivity contribution in [1.82, 2.24) is 13.9 Å². The van der Waals surface area contributed by atoms with Crippen LogP contribution in [0.25, 0.3) is 0 Å². The first-order valence-electron chi connectivity index (χ1n) is 7.30. The summed E-state index contributed by atoms with van der Waals surface area (Å²) >= 11 is 0. The van der Waals surface area contributed by atoms with Gasteiger partial charge >= 0.3 is 0 Å². The molecule has 3 rings (SSSR count). The Labute approximate surface area is 125 Å². The van der Waals surface area contributed by atoms with Crippen LogP contribution in [0.1, 0.15) is 11.7 Å². The van der Waals surface area contributed by atoms with E-state index in [0.29, 0.717) is 45.9 Å². The van der Waals surface area contributed by atoms with E-state index in [9.17, 15) is 8.42 Å². The molecule has 1 atom stereocenters. The molecule has 7 heteroatoms. The van der Waals surface area contributed by atoms with Crippen LogP contribution in [0, 0.1) is 0 Å². The van der Waals surface area contributed by atoms with Gasteiger partial charge in [0.1, 0.15) is 0 Å². The molecular formula is C14H21N3O3S. The van der Waals surface area contributed by atoms with Crippen molar-refractivity contribution in [2.45, 2.75) is 6.10 Å². The van der Waals surface area contributed by atoms with E-state index >= 15 is 0 Å². The van der Waals surface area contributed by atoms with Gasteiger partial charge in [0.25, 0.3) is 10.2 Å². The number of piperazine rings is 1. The van der Waals surface area contributed by atoms with Crippen LogP contribution in [-0.2, 0) is 14.9 Å². The lowest BCUT2D eigenvalue weighted by molar-refractivity contribution is -0.00442. The third-order valence-electron chi connectivity index (χ3n) is 3.93. The Kier molecular flexibility index (Phi) is 4.56. The molecule has 1 aromatic carbocycles. The minimum Gasteiger partial charge on any atom is -0.371 e. The van der Waals surface area contributed by atoms with Crippen LogP contribution in [0.2, 0.25) is 0 Å². The highest BCUT2D eigenvalue weighted by molar-refractivity contribution is 7.86. The van der Waals surface area contributed by atoms with Crippen molar-refractivity contribution in [2.24, 2.45) is 0 Å². The average molecular weight is 311 g/mol. The van der Waals surface area contributed by atoms with Crippen molar-refractivity contribution in [1.29, 1.82) is 0 Å². The zero-order valence-electron chi connectivity index (χ0n) is 11.9. The van der Waals surface area contributed by atoms with E-state index in [-0.39, 0.29) is 6.10 Å². The van der Waals surface area contributed by atoms with Crippen LogP contribution < -0.4 is 5.32 Å². The third kappa shape index (κ3) is 3.27. The highest BCUT2D eigenvalue weighted by Gasteiger charge is 2.34. The average Bonchev–Trinajstić information content (AvgIpc) is 2.57. The van der Waals surface area contributed by atoms with Crippen molar-refractivity contribution < 1.29 is 13.2 Å². The number of nitrogens with one attached hydrogen (secondary N) is 1. The van der Waals surface area contributed by atoms with E-state index < -0.39 is 10.2 Å². The highest BCUT2D eigenvalue weighted by Crippen LogP contribution is 2.24. The summed E-state index contributed by atoms with van der Waals surface area (Å²) in [6.45, 7) is 3.75. The van der Waals surface area contributed by atoms with Gasteiger partial charge in [-0.2, -0.15) is 17.0 Å². The second-order valence-corrected chi connectivity index (χ2v) is 7.21. The van der Waals surface area contributed by atoms with Gasteiger partial charge in [-0.1, -0.05) is 30.3 Å². The van der Waals surface area contributed by atoms with E-state index in [0.717, 1.165) is 5.56 Å². The molecule has 2 aliphatic rings. The summed E-state index contributed by atoms with van der Waals surface area (Å²) in [4.78, 5) is 0. The van der Waals surface area contributed by atoms with Gasteiger partial charge in [0, 0.05) is 39.3 Å². The summed E-state index contributed by atoms with van der Waals surface area (Å²) < 4.78 is 34.2. The maximum atomic E-state index is 12.7. The standard InChI is InChI=1S/C14H21N3O3S/c18-21(19,16-8-6-15-7-9-16)17-10-11-20-14(12-17)13-4-2-1-3-5-13/h1-5,14-15H,6-12H2. The number of morpholine rings is 1. The minimum atomic E-state index is -3.38. The van der Waals surface area contributed by atoms with E-state index in [4.69, 9.17) is 4.74 Å². The Hall–Kier alpha value is -0.990. The van der Waals surface area contributed by atoms with Gasteiger partial charge in [0.15, 0.2) is 0 Å². The summed E-state index contributed by atoms with van der Waals surface area (Å²) in [7, 11) is -3.38. The summed E-state index contributed by atoms with van der Waals surface area (Å²) in [6, 6.07) is 9.80. The molecule has 21 heavy (non-hydrogen) atoms. The molecule has 0 aromatic heterocycles. The summed E-state index contributed by atoms with van der Waals surface area (Å²) in [5.41, 5.74) is 1.03. The third-order valence-corrected chi connectivity index (χ3v) is 5.93. The number of hydrogen-bond acceptors (Lipinski definition) is 4. The van der Waals surface area contributed by atoms with Gasteiger partial charge in [-0.05, 0) is 5.56 Å². The Morgan fingerprint density at radius 1 is 1.05 bits per heavy atom. The molecule has 1 unspecified atom stereocenters. The molecule has 1 N–H and O–H groups in total. The fourth-order valence-corrected chi connectivity index (χ4v) is 4.34. The van der Waals surface area contributed by atoms with E-state index in [1.54, 1.807) is 8.61 Å². The molecule has 2 saturated heterocycles. The monoisotopic (exact) mass is 311 g/mol. The van der Waals surface area contributed by atoms with Gasteiger partial charge in [-0.3, -0.25) is 0 Å². The molecule has 2 fully saturated rings. The zero-order valence-corrected chi connectivity index (χ0v) is 12.8. The van der Waals surface area contributed by atoms with Crippen LogP contribution in [0.4, 0.5) is 0 Å². The molecule has 116 valence electrons. The van der Waals surface area contributed by atoms with Crippen LogP contribution >= 0.6 is 0 Å². The highest BCUT2D eigenvalue weighted by atomic mass is 32.2. The lowest BCUT2D eigenvalue weighted by Crippen LogP contribution is -2.54. The van der Waals surface area contributed by atoms with Crippen molar-refractivity contribution in [2.75, 3.05) is 45.9 Å². The molecule has 0 amide bonds. The Morgan fingerprint density at radius 3 is 2.48 bits per heavy atom. The molecular weight excluding hydrogens is 290 g/mol. The number of rotatable bonds is 3. The van der Waals surface area contributed by atoms with Crippen molar-refractivity contribution in [3.05, 3.63) is 35.9 Å². The molecule has 0 radical (unpaired) electrons. The van der Waals surface area contributed by atoms with Gasteiger partial charge in [0.2, 0.25) is 0 Å². The maximum Gasteiger partial charge on any atom is 0.282 e. The fourth-order valence-electron chi connectivity index (χ4n) is 2.74. The SMILES string of the molecule is O=S(=O)(N1CCNCC1)N1CCOC(c2ccccc2)C1. The Balaban J connectivity index is 1.73. The summed E-state index contributed by atoms with van der Waals surface area (Å²) in [5, 5.41) is 3.18. The molecule has 0 saturated carbocycles. The van der Waals surface area contributed by atoms with Gasteiger partial charge in [0.05, 0.1) is 12.7 Å². The summed E-state index contributed by atoms with van der Waals surface area (Å²) in [6.07, 6.45) is -0.183. The predicted molar refractivity (Wildman–Crippen MR) is 80.1 cm³/mol. The fraction of sp³-hybridized carbons (Fsp3) is 0.571. The van der Waals surface area contributed by atoms with Crippen LogP contribution in [-0.4, -0.2) is 62.9 Å². The first-order valence-corrected chi connectivity index (χ1v) is 8.70. The summed E-state index contributed by atoms with van der Waals surface area (Å²) in [5.74, 6) is 0. The van der Waals surface area contributed by atoms with Crippen LogP contribution in [0.5, 0.6) is 0 Å². The number of hydrogen-bond donors (Lipinski definition) is 1. The molecule has 0 bridgehead atoms. The Morgan fingerprint density at radius 2 is 1.76 bits per heavy atom. The number of ether oxygens (including phenoxy) is 1. The molecule has 2 heterocycles. The van der Waals surface area contributed by atoms with Crippen molar-refractivity contribution in [3.63, 3.8) is 0 Å². The number of benzene rings is 1. The van der Waals surface area contributed by atoms with E-state index in [1.165, 1.54) is 0 Å². The Bertz CT molecular complexity index is 558. The van der Waals surface area contributed by atoms with Gasteiger partial charge in [-0.25, -0.2) is 0 Å². The molecule has 0 aliphatic carbocycles. The maximum absolute atomic E-state index is 12.7. The van der Waals surface area contributed by atoms with Gasteiger partial charge in [-0.15, -0.1) is 0 Å². The molecule has 2 aliphatic heterocycles. The molecule has 6 nitrogen and oxygen atoms in total. The quantitative estimate of drug-likeness (QED) is 0.867. The predicted octanol–water partition coefficient (Wildman–Crippen LogP) is 0.210.